The summed E-state index contributed by atoms with van der Waals surface area (Å²) in [6.45, 7) is 10.7. The van der Waals surface area contributed by atoms with E-state index in [0.29, 0.717) is 6.04 Å². The van der Waals surface area contributed by atoms with E-state index >= 15 is 0 Å². The molecule has 0 amide bonds. The Morgan fingerprint density at radius 1 is 1.44 bits per heavy atom. The van der Waals surface area contributed by atoms with Crippen LogP contribution in [0.1, 0.15) is 32.4 Å². The van der Waals surface area contributed by atoms with Crippen molar-refractivity contribution in [3.63, 3.8) is 0 Å². The van der Waals surface area contributed by atoms with Crippen LogP contribution in [0, 0.1) is 0 Å². The summed E-state index contributed by atoms with van der Waals surface area (Å²) < 4.78 is 0. The highest BCUT2D eigenvalue weighted by molar-refractivity contribution is 5.38. The molecule has 18 heavy (non-hydrogen) atoms. The number of nitrogens with zero attached hydrogens (tertiary/aromatic N) is 3. The van der Waals surface area contributed by atoms with Gasteiger partial charge in [-0.15, -0.1) is 5.10 Å². The largest absolute Gasteiger partial charge is 0.351 e. The van der Waals surface area contributed by atoms with Gasteiger partial charge in [0.2, 0.25) is 0 Å². The molecule has 0 unspecified atom stereocenters. The minimum Gasteiger partial charge on any atom is -0.351 e. The average Bonchev–Trinajstić information content (AvgIpc) is 3.18. The van der Waals surface area contributed by atoms with Crippen LogP contribution in [0.15, 0.2) is 24.3 Å². The number of nitrogens with one attached hydrogen (secondary N) is 1. The molecule has 0 spiro atoms. The van der Waals surface area contributed by atoms with Crippen LogP contribution in [0.5, 0.6) is 0 Å². The minimum absolute atomic E-state index is 0.710. The Kier molecular flexibility index (Phi) is 4.31. The van der Waals surface area contributed by atoms with E-state index in [0.717, 1.165) is 36.7 Å². The first-order valence-corrected chi connectivity index (χ1v) is 6.64. The Labute approximate surface area is 109 Å². The molecule has 2 rings (SSSR count). The van der Waals surface area contributed by atoms with E-state index in [1.165, 1.54) is 12.8 Å². The van der Waals surface area contributed by atoms with E-state index in [1.54, 1.807) is 0 Å². The van der Waals surface area contributed by atoms with Crippen LogP contribution in [-0.4, -0.2) is 29.3 Å². The molecular formula is C14H22N4. The van der Waals surface area contributed by atoms with Crippen LogP contribution in [0.3, 0.4) is 0 Å². The number of rotatable bonds is 7. The molecule has 0 bridgehead atoms. The standard InChI is InChI=1S/C14H22N4/c1-4-18(10-11(2)3)14-8-7-13(16-17-14)9-15-12-5-6-12/h7-8,12,15H,2,4-6,9-10H2,1,3H3. The number of hydrogen-bond donors (Lipinski definition) is 1. The van der Waals surface area contributed by atoms with Crippen LogP contribution in [0.2, 0.25) is 0 Å². The lowest BCUT2D eigenvalue weighted by Crippen LogP contribution is -2.26. The maximum atomic E-state index is 4.30. The summed E-state index contributed by atoms with van der Waals surface area (Å²) in [6.07, 6.45) is 2.60. The topological polar surface area (TPSA) is 41.0 Å². The third kappa shape index (κ3) is 3.81. The van der Waals surface area contributed by atoms with Crippen LogP contribution in [0.4, 0.5) is 5.82 Å². The molecule has 1 saturated carbocycles. The predicted octanol–water partition coefficient (Wildman–Crippen LogP) is 2.13. The van der Waals surface area contributed by atoms with Gasteiger partial charge in [0.05, 0.1) is 5.69 Å². The molecule has 1 aliphatic carbocycles. The summed E-state index contributed by atoms with van der Waals surface area (Å²) in [5, 5.41) is 12.0. The van der Waals surface area contributed by atoms with Gasteiger partial charge in [0, 0.05) is 25.7 Å². The zero-order chi connectivity index (χ0) is 13.0. The van der Waals surface area contributed by atoms with Gasteiger partial charge in [0.15, 0.2) is 5.82 Å². The lowest BCUT2D eigenvalue weighted by molar-refractivity contribution is 0.664. The fourth-order valence-corrected chi connectivity index (χ4v) is 1.83. The average molecular weight is 246 g/mol. The molecule has 0 atom stereocenters. The molecule has 4 nitrogen and oxygen atoms in total. The molecule has 1 heterocycles. The Balaban J connectivity index is 1.93. The summed E-state index contributed by atoms with van der Waals surface area (Å²) in [5.41, 5.74) is 2.15. The third-order valence-corrected chi connectivity index (χ3v) is 3.02. The number of likely N-dealkylation sites (N-methyl/N-ethyl adjacent to an activating group) is 1. The monoisotopic (exact) mass is 246 g/mol. The summed E-state index contributed by atoms with van der Waals surface area (Å²) in [7, 11) is 0. The Morgan fingerprint density at radius 3 is 2.72 bits per heavy atom. The van der Waals surface area contributed by atoms with Crippen molar-refractivity contribution in [2.45, 2.75) is 39.3 Å². The van der Waals surface area contributed by atoms with Crippen molar-refractivity contribution in [3.05, 3.63) is 30.0 Å². The SMILES string of the molecule is C=C(C)CN(CC)c1ccc(CNC2CC2)nn1. The molecule has 98 valence electrons. The van der Waals surface area contributed by atoms with Crippen LogP contribution in [-0.2, 0) is 6.54 Å². The minimum atomic E-state index is 0.710. The lowest BCUT2D eigenvalue weighted by Gasteiger charge is -2.21. The van der Waals surface area contributed by atoms with Gasteiger partial charge >= 0.3 is 0 Å². The molecule has 1 N–H and O–H groups in total. The number of anilines is 1. The normalized spacial score (nSPS) is 14.6. The first-order valence-electron chi connectivity index (χ1n) is 6.64. The molecule has 0 saturated heterocycles. The van der Waals surface area contributed by atoms with Crippen molar-refractivity contribution in [2.75, 3.05) is 18.0 Å². The first-order chi connectivity index (χ1) is 8.69. The van der Waals surface area contributed by atoms with Crippen LogP contribution < -0.4 is 10.2 Å². The smallest absolute Gasteiger partial charge is 0.151 e. The van der Waals surface area contributed by atoms with Gasteiger partial charge in [-0.25, -0.2) is 0 Å². The second-order valence-corrected chi connectivity index (χ2v) is 5.01. The van der Waals surface area contributed by atoms with E-state index in [2.05, 4.69) is 40.0 Å². The molecular weight excluding hydrogens is 224 g/mol. The molecule has 1 aliphatic rings. The van der Waals surface area contributed by atoms with E-state index in [-0.39, 0.29) is 0 Å². The van der Waals surface area contributed by atoms with E-state index < -0.39 is 0 Å². The first kappa shape index (κ1) is 13.0. The van der Waals surface area contributed by atoms with E-state index in [4.69, 9.17) is 0 Å². The maximum absolute atomic E-state index is 4.30. The van der Waals surface area contributed by atoms with Gasteiger partial charge < -0.3 is 10.2 Å². The zero-order valence-corrected chi connectivity index (χ0v) is 11.3. The fraction of sp³-hybridized carbons (Fsp3) is 0.571. The molecule has 0 aliphatic heterocycles. The quantitative estimate of drug-likeness (QED) is 0.748. The molecule has 0 aromatic carbocycles. The zero-order valence-electron chi connectivity index (χ0n) is 11.3. The Bertz CT molecular complexity index is 395. The number of hydrogen-bond acceptors (Lipinski definition) is 4. The fourth-order valence-electron chi connectivity index (χ4n) is 1.83. The van der Waals surface area contributed by atoms with Crippen molar-refractivity contribution < 1.29 is 0 Å². The summed E-state index contributed by atoms with van der Waals surface area (Å²) >= 11 is 0. The van der Waals surface area contributed by atoms with Crippen molar-refractivity contribution >= 4 is 5.82 Å². The van der Waals surface area contributed by atoms with Crippen LogP contribution in [0.25, 0.3) is 0 Å². The van der Waals surface area contributed by atoms with Gasteiger partial charge in [0.1, 0.15) is 0 Å². The highest BCUT2D eigenvalue weighted by atomic mass is 15.3. The lowest BCUT2D eigenvalue weighted by atomic mass is 10.3. The molecule has 0 radical (unpaired) electrons. The van der Waals surface area contributed by atoms with Crippen molar-refractivity contribution in [1.82, 2.24) is 15.5 Å². The van der Waals surface area contributed by atoms with Gasteiger partial charge in [-0.2, -0.15) is 5.10 Å². The Morgan fingerprint density at radius 2 is 2.22 bits per heavy atom. The van der Waals surface area contributed by atoms with Gasteiger partial charge in [0.25, 0.3) is 0 Å². The van der Waals surface area contributed by atoms with E-state index in [1.807, 2.05) is 13.0 Å². The highest BCUT2D eigenvalue weighted by Gasteiger charge is 2.20. The van der Waals surface area contributed by atoms with Gasteiger partial charge in [-0.05, 0) is 38.8 Å². The highest BCUT2D eigenvalue weighted by Crippen LogP contribution is 2.19. The van der Waals surface area contributed by atoms with Crippen molar-refractivity contribution in [2.24, 2.45) is 0 Å². The second-order valence-electron chi connectivity index (χ2n) is 5.01. The molecule has 1 fully saturated rings. The summed E-state index contributed by atoms with van der Waals surface area (Å²) in [4.78, 5) is 2.17. The van der Waals surface area contributed by atoms with Crippen LogP contribution >= 0.6 is 0 Å². The van der Waals surface area contributed by atoms with E-state index in [9.17, 15) is 0 Å². The van der Waals surface area contributed by atoms with Crippen molar-refractivity contribution in [1.29, 1.82) is 0 Å². The summed E-state index contributed by atoms with van der Waals surface area (Å²) in [6, 6.07) is 4.81. The molecule has 4 heteroatoms. The maximum Gasteiger partial charge on any atom is 0.151 e. The third-order valence-electron chi connectivity index (χ3n) is 3.02. The van der Waals surface area contributed by atoms with Crippen molar-refractivity contribution in [3.8, 4) is 0 Å². The van der Waals surface area contributed by atoms with Gasteiger partial charge in [-0.3, -0.25) is 0 Å². The second kappa shape index (κ2) is 5.96. The Hall–Kier alpha value is -1.42. The molecule has 1 aromatic rings. The summed E-state index contributed by atoms with van der Waals surface area (Å²) in [5.74, 6) is 0.927. The molecule has 1 aromatic heterocycles. The predicted molar refractivity (Wildman–Crippen MR) is 74.6 cm³/mol. The van der Waals surface area contributed by atoms with Gasteiger partial charge in [-0.1, -0.05) is 12.2 Å². The number of aromatic nitrogens is 2.